The van der Waals surface area contributed by atoms with Gasteiger partial charge in [-0.1, -0.05) is 18.5 Å². The first-order chi connectivity index (χ1) is 10.2. The van der Waals surface area contributed by atoms with Crippen molar-refractivity contribution >= 4 is 38.4 Å². The standard InChI is InChI=1S/C16H18BrClN2O/c1-9-6-10(9)15-12(18)7-13-11(16(15)17)8-19-20(13)14-4-2-3-5-21-14/h7-10,14H,2-6H2,1H3/t9-,10+,14?/m1/s1. The van der Waals surface area contributed by atoms with Gasteiger partial charge in [0.15, 0.2) is 6.23 Å². The Bertz CT molecular complexity index is 693. The molecule has 3 nitrogen and oxygen atoms in total. The molecule has 5 heteroatoms. The highest BCUT2D eigenvalue weighted by Crippen LogP contribution is 2.53. The van der Waals surface area contributed by atoms with E-state index in [2.05, 4.69) is 34.0 Å². The molecule has 2 aliphatic rings. The zero-order chi connectivity index (χ0) is 14.6. The Labute approximate surface area is 137 Å². The van der Waals surface area contributed by atoms with Gasteiger partial charge in [-0.25, -0.2) is 4.68 Å². The molecule has 0 amide bonds. The number of benzene rings is 1. The molecule has 0 N–H and O–H groups in total. The monoisotopic (exact) mass is 368 g/mol. The molecular formula is C16H18BrClN2O. The molecular weight excluding hydrogens is 352 g/mol. The highest BCUT2D eigenvalue weighted by Gasteiger charge is 2.37. The fraction of sp³-hybridized carbons (Fsp3) is 0.562. The molecule has 1 aromatic carbocycles. The van der Waals surface area contributed by atoms with Crippen molar-refractivity contribution in [1.82, 2.24) is 9.78 Å². The summed E-state index contributed by atoms with van der Waals surface area (Å²) in [7, 11) is 0. The molecule has 1 unspecified atom stereocenters. The minimum atomic E-state index is 0.0462. The zero-order valence-corrected chi connectivity index (χ0v) is 14.3. The molecule has 3 atom stereocenters. The molecule has 0 bridgehead atoms. The fourth-order valence-electron chi connectivity index (χ4n) is 3.34. The Morgan fingerprint density at radius 2 is 2.24 bits per heavy atom. The topological polar surface area (TPSA) is 27.1 Å². The van der Waals surface area contributed by atoms with Crippen LogP contribution in [0.25, 0.3) is 10.9 Å². The lowest BCUT2D eigenvalue weighted by atomic mass is 10.1. The summed E-state index contributed by atoms with van der Waals surface area (Å²) in [6.07, 6.45) is 6.56. The minimum Gasteiger partial charge on any atom is -0.356 e. The second-order valence-electron chi connectivity index (χ2n) is 6.25. The second kappa shape index (κ2) is 5.25. The van der Waals surface area contributed by atoms with Gasteiger partial charge in [0.1, 0.15) is 0 Å². The van der Waals surface area contributed by atoms with Crippen molar-refractivity contribution < 1.29 is 4.74 Å². The van der Waals surface area contributed by atoms with Gasteiger partial charge < -0.3 is 4.74 Å². The number of hydrogen-bond acceptors (Lipinski definition) is 2. The van der Waals surface area contributed by atoms with E-state index in [0.29, 0.717) is 5.92 Å². The van der Waals surface area contributed by atoms with Crippen molar-refractivity contribution in [3.63, 3.8) is 0 Å². The van der Waals surface area contributed by atoms with Crippen LogP contribution in [0.5, 0.6) is 0 Å². The summed E-state index contributed by atoms with van der Waals surface area (Å²) in [6, 6.07) is 2.06. The number of rotatable bonds is 2. The van der Waals surface area contributed by atoms with Gasteiger partial charge in [-0.3, -0.25) is 0 Å². The molecule has 112 valence electrons. The summed E-state index contributed by atoms with van der Waals surface area (Å²) in [6.45, 7) is 3.09. The van der Waals surface area contributed by atoms with Crippen LogP contribution < -0.4 is 0 Å². The van der Waals surface area contributed by atoms with Gasteiger partial charge in [0.25, 0.3) is 0 Å². The summed E-state index contributed by atoms with van der Waals surface area (Å²) >= 11 is 10.3. The van der Waals surface area contributed by atoms with E-state index in [9.17, 15) is 0 Å². The third-order valence-electron chi connectivity index (χ3n) is 4.74. The smallest absolute Gasteiger partial charge is 0.150 e. The van der Waals surface area contributed by atoms with Gasteiger partial charge >= 0.3 is 0 Å². The number of nitrogens with zero attached hydrogens (tertiary/aromatic N) is 2. The molecule has 1 aliphatic heterocycles. The SMILES string of the molecule is C[C@@H]1C[C@@H]1c1c(Cl)cc2c(cnn2C2CCCCO2)c1Br. The van der Waals surface area contributed by atoms with E-state index in [1.807, 2.05) is 10.9 Å². The largest absolute Gasteiger partial charge is 0.356 e. The highest BCUT2D eigenvalue weighted by atomic mass is 79.9. The predicted molar refractivity (Wildman–Crippen MR) is 87.8 cm³/mol. The van der Waals surface area contributed by atoms with Crippen LogP contribution in [0.15, 0.2) is 16.7 Å². The molecule has 2 fully saturated rings. The average Bonchev–Trinajstić information content (AvgIpc) is 3.03. The molecule has 1 saturated carbocycles. The maximum absolute atomic E-state index is 6.56. The van der Waals surface area contributed by atoms with Crippen molar-refractivity contribution in [2.75, 3.05) is 6.61 Å². The Morgan fingerprint density at radius 1 is 1.43 bits per heavy atom. The van der Waals surface area contributed by atoms with Gasteiger partial charge in [0, 0.05) is 21.5 Å². The van der Waals surface area contributed by atoms with Crippen LogP contribution in [-0.2, 0) is 4.74 Å². The first-order valence-corrected chi connectivity index (χ1v) is 8.80. The van der Waals surface area contributed by atoms with E-state index in [1.54, 1.807) is 0 Å². The predicted octanol–water partition coefficient (Wildman–Crippen LogP) is 5.27. The van der Waals surface area contributed by atoms with E-state index in [-0.39, 0.29) is 6.23 Å². The highest BCUT2D eigenvalue weighted by molar-refractivity contribution is 9.10. The number of fused-ring (bicyclic) bond motifs is 1. The molecule has 0 spiro atoms. The maximum Gasteiger partial charge on any atom is 0.150 e. The Morgan fingerprint density at radius 3 is 2.90 bits per heavy atom. The minimum absolute atomic E-state index is 0.0462. The molecule has 4 rings (SSSR count). The molecule has 1 aliphatic carbocycles. The molecule has 0 radical (unpaired) electrons. The fourth-order valence-corrected chi connectivity index (χ4v) is 4.61. The van der Waals surface area contributed by atoms with E-state index in [0.717, 1.165) is 45.8 Å². The molecule has 1 aromatic heterocycles. The molecule has 1 saturated heterocycles. The normalized spacial score (nSPS) is 29.0. The average molecular weight is 370 g/mol. The van der Waals surface area contributed by atoms with Crippen LogP contribution in [0.3, 0.4) is 0 Å². The van der Waals surface area contributed by atoms with Crippen molar-refractivity contribution in [3.8, 4) is 0 Å². The Kier molecular flexibility index (Phi) is 3.51. The van der Waals surface area contributed by atoms with Crippen LogP contribution in [0.2, 0.25) is 5.02 Å². The third-order valence-corrected chi connectivity index (χ3v) is 5.90. The number of halogens is 2. The van der Waals surface area contributed by atoms with Gasteiger partial charge in [-0.05, 0) is 65.1 Å². The third kappa shape index (κ3) is 2.32. The van der Waals surface area contributed by atoms with E-state index in [1.165, 1.54) is 18.4 Å². The molecule has 2 heterocycles. The van der Waals surface area contributed by atoms with E-state index >= 15 is 0 Å². The van der Waals surface area contributed by atoms with Crippen LogP contribution in [-0.4, -0.2) is 16.4 Å². The second-order valence-corrected chi connectivity index (χ2v) is 7.45. The summed E-state index contributed by atoms with van der Waals surface area (Å²) in [5, 5.41) is 6.55. The number of hydrogen-bond donors (Lipinski definition) is 0. The van der Waals surface area contributed by atoms with Crippen LogP contribution >= 0.6 is 27.5 Å². The number of aromatic nitrogens is 2. The quantitative estimate of drug-likeness (QED) is 0.720. The Balaban J connectivity index is 1.81. The van der Waals surface area contributed by atoms with E-state index < -0.39 is 0 Å². The Hall–Kier alpha value is -0.580. The van der Waals surface area contributed by atoms with Crippen molar-refractivity contribution in [3.05, 3.63) is 27.3 Å². The van der Waals surface area contributed by atoms with Crippen molar-refractivity contribution in [2.45, 2.75) is 44.8 Å². The molecule has 21 heavy (non-hydrogen) atoms. The number of ether oxygens (including phenoxy) is 1. The van der Waals surface area contributed by atoms with Crippen LogP contribution in [0.4, 0.5) is 0 Å². The lowest BCUT2D eigenvalue weighted by molar-refractivity contribution is -0.0366. The van der Waals surface area contributed by atoms with Crippen molar-refractivity contribution in [2.24, 2.45) is 5.92 Å². The van der Waals surface area contributed by atoms with Gasteiger partial charge in [0.2, 0.25) is 0 Å². The first-order valence-electron chi connectivity index (χ1n) is 7.63. The van der Waals surface area contributed by atoms with Crippen LogP contribution in [0, 0.1) is 5.92 Å². The van der Waals surface area contributed by atoms with Gasteiger partial charge in [-0.15, -0.1) is 0 Å². The summed E-state index contributed by atoms with van der Waals surface area (Å²) in [5.74, 6) is 1.32. The zero-order valence-electron chi connectivity index (χ0n) is 12.0. The molecule has 2 aromatic rings. The summed E-state index contributed by atoms with van der Waals surface area (Å²) in [5.41, 5.74) is 2.32. The lowest BCUT2D eigenvalue weighted by Gasteiger charge is -2.23. The summed E-state index contributed by atoms with van der Waals surface area (Å²) in [4.78, 5) is 0. The lowest BCUT2D eigenvalue weighted by Crippen LogP contribution is -2.18. The van der Waals surface area contributed by atoms with Crippen molar-refractivity contribution in [1.29, 1.82) is 0 Å². The van der Waals surface area contributed by atoms with Gasteiger partial charge in [-0.2, -0.15) is 5.10 Å². The first kappa shape index (κ1) is 14.0. The summed E-state index contributed by atoms with van der Waals surface area (Å²) < 4.78 is 8.96. The maximum atomic E-state index is 6.56. The van der Waals surface area contributed by atoms with Crippen LogP contribution in [0.1, 0.15) is 50.3 Å². The van der Waals surface area contributed by atoms with Gasteiger partial charge in [0.05, 0.1) is 11.7 Å². The van der Waals surface area contributed by atoms with E-state index in [4.69, 9.17) is 16.3 Å².